The third-order valence-electron chi connectivity index (χ3n) is 7.73. The Kier molecular flexibility index (Phi) is 8.14. The minimum Gasteiger partial charge on any atom is -0.383 e. The van der Waals surface area contributed by atoms with Gasteiger partial charge in [-0.15, -0.1) is 0 Å². The lowest BCUT2D eigenvalue weighted by Gasteiger charge is -2.27. The van der Waals surface area contributed by atoms with Gasteiger partial charge in [-0.3, -0.25) is 0 Å². The molecule has 0 bridgehead atoms. The summed E-state index contributed by atoms with van der Waals surface area (Å²) in [6.45, 7) is 0. The molecule has 0 atom stereocenters. The smallest absolute Gasteiger partial charge is 0.275 e. The lowest BCUT2D eigenvalue weighted by Crippen LogP contribution is -2.32. The number of nitrogens with zero attached hydrogens (tertiary/aromatic N) is 3. The molecule has 1 N–H and O–H groups in total. The van der Waals surface area contributed by atoms with E-state index in [-0.39, 0.29) is 0 Å². The summed E-state index contributed by atoms with van der Waals surface area (Å²) in [5.74, 6) is 0.716. The van der Waals surface area contributed by atoms with E-state index in [1.165, 1.54) is 5.46 Å². The van der Waals surface area contributed by atoms with E-state index in [4.69, 9.17) is 9.97 Å². The first-order valence-corrected chi connectivity index (χ1v) is 15.1. The van der Waals surface area contributed by atoms with Crippen LogP contribution in [0.15, 0.2) is 176 Å². The van der Waals surface area contributed by atoms with Crippen LogP contribution in [-0.2, 0) is 0 Å². The second-order valence-electron chi connectivity index (χ2n) is 10.8. The highest BCUT2D eigenvalue weighted by molar-refractivity contribution is 6.59. The second kappa shape index (κ2) is 13.1. The molecule has 0 unspecified atom stereocenters. The van der Waals surface area contributed by atoms with Crippen molar-refractivity contribution < 1.29 is 0 Å². The molecule has 45 heavy (non-hydrogen) atoms. The molecule has 7 rings (SSSR count). The van der Waals surface area contributed by atoms with Gasteiger partial charge in [0.05, 0.1) is 22.8 Å². The first-order chi connectivity index (χ1) is 22.3. The summed E-state index contributed by atoms with van der Waals surface area (Å²) in [7, 11) is 0.700. The molecule has 0 aliphatic carbocycles. The van der Waals surface area contributed by atoms with E-state index in [2.05, 4.69) is 131 Å². The molecule has 0 radical (unpaired) electrons. The summed E-state index contributed by atoms with van der Waals surface area (Å²) >= 11 is 0. The average molecular weight is 579 g/mol. The lowest BCUT2D eigenvalue weighted by molar-refractivity contribution is 1.18. The van der Waals surface area contributed by atoms with Crippen molar-refractivity contribution in [2.45, 2.75) is 0 Å². The maximum Gasteiger partial charge on any atom is 0.275 e. The molecule has 0 saturated heterocycles. The molecule has 0 aliphatic rings. The highest BCUT2D eigenvalue weighted by Crippen LogP contribution is 2.33. The van der Waals surface area contributed by atoms with Gasteiger partial charge in [0.2, 0.25) is 0 Å². The van der Waals surface area contributed by atoms with Gasteiger partial charge in [-0.2, -0.15) is 0 Å². The summed E-state index contributed by atoms with van der Waals surface area (Å²) in [6, 6.07) is 60.6. The van der Waals surface area contributed by atoms with Gasteiger partial charge in [0.25, 0.3) is 7.41 Å². The van der Waals surface area contributed by atoms with Crippen LogP contribution >= 0.6 is 0 Å². The van der Waals surface area contributed by atoms with E-state index < -0.39 is 0 Å². The van der Waals surface area contributed by atoms with Crippen molar-refractivity contribution >= 4 is 35.6 Å². The number of hydrogen-bond acceptors (Lipinski definition) is 4. The Hall–Kier alpha value is -5.94. The van der Waals surface area contributed by atoms with Crippen LogP contribution in [0.1, 0.15) is 0 Å². The van der Waals surface area contributed by atoms with Crippen LogP contribution in [0, 0.1) is 0 Å². The summed E-state index contributed by atoms with van der Waals surface area (Å²) in [6.07, 6.45) is 0. The molecule has 1 heterocycles. The fraction of sp³-hybridized carbons (Fsp3) is 0. The van der Waals surface area contributed by atoms with Crippen LogP contribution in [0.3, 0.4) is 0 Å². The number of para-hydroxylation sites is 4. The Morgan fingerprint density at radius 1 is 0.467 bits per heavy atom. The van der Waals surface area contributed by atoms with E-state index in [1.54, 1.807) is 0 Å². The molecule has 0 amide bonds. The van der Waals surface area contributed by atoms with Gasteiger partial charge in [0.15, 0.2) is 5.82 Å². The van der Waals surface area contributed by atoms with Gasteiger partial charge >= 0.3 is 0 Å². The van der Waals surface area contributed by atoms with Crippen LogP contribution in [0.25, 0.3) is 33.9 Å². The molecular weight excluding hydrogens is 547 g/mol. The lowest BCUT2D eigenvalue weighted by atomic mass is 9.78. The van der Waals surface area contributed by atoms with E-state index in [9.17, 15) is 0 Å². The summed E-state index contributed by atoms with van der Waals surface area (Å²) < 4.78 is 0. The van der Waals surface area contributed by atoms with E-state index in [0.29, 0.717) is 13.2 Å². The summed E-state index contributed by atoms with van der Waals surface area (Å²) in [5, 5.41) is 3.62. The molecule has 7 aromatic rings. The Morgan fingerprint density at radius 3 is 1.62 bits per heavy atom. The van der Waals surface area contributed by atoms with Crippen molar-refractivity contribution in [2.24, 2.45) is 0 Å². The zero-order chi connectivity index (χ0) is 30.3. The van der Waals surface area contributed by atoms with Crippen LogP contribution < -0.4 is 15.6 Å². The van der Waals surface area contributed by atoms with Crippen LogP contribution in [0.5, 0.6) is 0 Å². The molecule has 214 valence electrons. The number of hydrogen-bond donors (Lipinski definition) is 1. The van der Waals surface area contributed by atoms with Crippen molar-refractivity contribution in [1.29, 1.82) is 0 Å². The summed E-state index contributed by atoms with van der Waals surface area (Å²) in [4.78, 5) is 12.3. The topological polar surface area (TPSA) is 41.1 Å². The molecule has 4 nitrogen and oxygen atoms in total. The normalized spacial score (nSPS) is 10.7. The number of rotatable bonds is 9. The zero-order valence-corrected chi connectivity index (χ0v) is 24.8. The van der Waals surface area contributed by atoms with E-state index in [1.807, 2.05) is 54.6 Å². The number of nitrogens with one attached hydrogen (secondary N) is 1. The molecular formula is C40H31BN4. The first kappa shape index (κ1) is 27.9. The molecule has 1 aromatic heterocycles. The molecule has 6 aromatic carbocycles. The van der Waals surface area contributed by atoms with Gasteiger partial charge in [-0.05, 0) is 42.5 Å². The Balaban J connectivity index is 1.23. The molecule has 0 fully saturated rings. The van der Waals surface area contributed by atoms with Gasteiger partial charge in [0.1, 0.15) is 0 Å². The minimum absolute atomic E-state index is 0.700. The molecule has 0 spiro atoms. The SMILES string of the molecule is B(c1ccc(-c2cc(-c3ccccc3)nc(-c3ccccc3)n2)cc1)N(c1ccccc1)c1ccccc1Nc1ccccc1. The van der Waals surface area contributed by atoms with Gasteiger partial charge in [-0.25, -0.2) is 9.97 Å². The van der Waals surface area contributed by atoms with Gasteiger partial charge < -0.3 is 10.1 Å². The van der Waals surface area contributed by atoms with Crippen LogP contribution in [0.2, 0.25) is 0 Å². The zero-order valence-electron chi connectivity index (χ0n) is 24.8. The number of anilines is 4. The predicted molar refractivity (Wildman–Crippen MR) is 190 cm³/mol. The second-order valence-corrected chi connectivity index (χ2v) is 10.8. The van der Waals surface area contributed by atoms with Crippen molar-refractivity contribution in [1.82, 2.24) is 9.97 Å². The van der Waals surface area contributed by atoms with E-state index in [0.717, 1.165) is 50.8 Å². The Labute approximate surface area is 265 Å². The minimum atomic E-state index is 0.700. The van der Waals surface area contributed by atoms with Crippen molar-refractivity contribution in [3.05, 3.63) is 176 Å². The molecule has 0 saturated carbocycles. The Bertz CT molecular complexity index is 1930. The van der Waals surface area contributed by atoms with Crippen LogP contribution in [-0.4, -0.2) is 17.4 Å². The summed E-state index contributed by atoms with van der Waals surface area (Å²) in [5.41, 5.74) is 10.4. The molecule has 5 heteroatoms. The largest absolute Gasteiger partial charge is 0.383 e. The maximum atomic E-state index is 5.01. The fourth-order valence-electron chi connectivity index (χ4n) is 5.45. The van der Waals surface area contributed by atoms with Crippen molar-refractivity contribution in [2.75, 3.05) is 10.1 Å². The quantitative estimate of drug-likeness (QED) is 0.174. The van der Waals surface area contributed by atoms with Gasteiger partial charge in [-0.1, -0.05) is 139 Å². The van der Waals surface area contributed by atoms with Gasteiger partial charge in [0, 0.05) is 28.1 Å². The average Bonchev–Trinajstić information content (AvgIpc) is 3.12. The third-order valence-corrected chi connectivity index (χ3v) is 7.73. The van der Waals surface area contributed by atoms with Crippen molar-refractivity contribution in [3.8, 4) is 33.9 Å². The van der Waals surface area contributed by atoms with Crippen molar-refractivity contribution in [3.63, 3.8) is 0 Å². The predicted octanol–water partition coefficient (Wildman–Crippen LogP) is 9.04. The molecule has 0 aliphatic heterocycles. The van der Waals surface area contributed by atoms with E-state index >= 15 is 0 Å². The fourth-order valence-corrected chi connectivity index (χ4v) is 5.45. The third kappa shape index (κ3) is 6.53. The maximum absolute atomic E-state index is 5.01. The number of aromatic nitrogens is 2. The number of benzene rings is 6. The first-order valence-electron chi connectivity index (χ1n) is 15.1. The van der Waals surface area contributed by atoms with Crippen LogP contribution in [0.4, 0.5) is 22.7 Å². The standard InChI is InChI=1S/C40H31BN4/c1-5-15-30(16-6-1)37-29-38(44-40(43-37)32-17-7-2-8-18-32)31-25-27-33(28-26-31)41-45(35-21-11-4-12-22-35)39-24-14-13-23-36(39)42-34-19-9-3-10-20-34/h1-29,41-42H. The monoisotopic (exact) mass is 578 g/mol. The highest BCUT2D eigenvalue weighted by Gasteiger charge is 2.17. The highest BCUT2D eigenvalue weighted by atomic mass is 15.1. The Morgan fingerprint density at radius 2 is 0.978 bits per heavy atom.